The van der Waals surface area contributed by atoms with Crippen molar-refractivity contribution in [2.75, 3.05) is 5.32 Å². The van der Waals surface area contributed by atoms with Gasteiger partial charge in [0.15, 0.2) is 0 Å². The fraction of sp³-hybridized carbons (Fsp3) is 0.0714. The maximum atomic E-state index is 13.4. The number of amides is 1. The zero-order valence-corrected chi connectivity index (χ0v) is 10.2. The lowest BCUT2D eigenvalue weighted by molar-refractivity contribution is 0.102. The average Bonchev–Trinajstić information content (AvgIpc) is 2.41. The molecule has 0 aromatic heterocycles. The molecule has 0 heterocycles. The maximum absolute atomic E-state index is 13.4. The van der Waals surface area contributed by atoms with Gasteiger partial charge in [0.25, 0.3) is 5.91 Å². The fourth-order valence-electron chi connectivity index (χ4n) is 1.55. The molecule has 0 aliphatic rings. The van der Waals surface area contributed by atoms with Crippen molar-refractivity contribution in [3.05, 3.63) is 65.5 Å². The minimum Gasteiger partial charge on any atom is -0.319 e. The molecule has 0 radical (unpaired) electrons. The minimum atomic E-state index is -0.459. The summed E-state index contributed by atoms with van der Waals surface area (Å²) >= 11 is 5.70. The van der Waals surface area contributed by atoms with Crippen LogP contribution in [0.1, 0.15) is 15.9 Å². The van der Waals surface area contributed by atoms with Gasteiger partial charge in [0.2, 0.25) is 0 Å². The Hall–Kier alpha value is -1.87. The molecule has 2 nitrogen and oxygen atoms in total. The topological polar surface area (TPSA) is 29.1 Å². The van der Waals surface area contributed by atoms with Crippen LogP contribution in [0.4, 0.5) is 10.1 Å². The fourth-order valence-corrected chi connectivity index (χ4v) is 1.72. The van der Waals surface area contributed by atoms with Crippen LogP contribution in [0.25, 0.3) is 0 Å². The molecule has 0 fully saturated rings. The van der Waals surface area contributed by atoms with E-state index in [0.717, 1.165) is 5.56 Å². The van der Waals surface area contributed by atoms with Gasteiger partial charge in [0.1, 0.15) is 5.82 Å². The molecule has 18 heavy (non-hydrogen) atoms. The van der Waals surface area contributed by atoms with Gasteiger partial charge < -0.3 is 5.32 Å². The Labute approximate surface area is 109 Å². The molecule has 2 rings (SSSR count). The molecule has 0 atom stereocenters. The van der Waals surface area contributed by atoms with E-state index >= 15 is 0 Å². The van der Waals surface area contributed by atoms with Crippen LogP contribution in [0.5, 0.6) is 0 Å². The van der Waals surface area contributed by atoms with Gasteiger partial charge in [-0.2, -0.15) is 0 Å². The number of anilines is 1. The second-order valence-electron chi connectivity index (χ2n) is 3.77. The van der Waals surface area contributed by atoms with Gasteiger partial charge in [0, 0.05) is 11.4 Å². The van der Waals surface area contributed by atoms with Crippen LogP contribution in [0, 0.1) is 5.82 Å². The second kappa shape index (κ2) is 5.65. The molecule has 92 valence electrons. The van der Waals surface area contributed by atoms with E-state index in [1.807, 2.05) is 6.07 Å². The molecule has 0 bridgehead atoms. The predicted octanol–water partition coefficient (Wildman–Crippen LogP) is 3.82. The number of rotatable bonds is 3. The summed E-state index contributed by atoms with van der Waals surface area (Å²) in [5.41, 5.74) is 1.47. The molecule has 0 aliphatic heterocycles. The first kappa shape index (κ1) is 12.6. The van der Waals surface area contributed by atoms with Gasteiger partial charge in [-0.05, 0) is 29.8 Å². The molecule has 1 amide bonds. The van der Waals surface area contributed by atoms with Gasteiger partial charge in [0.05, 0.1) is 5.69 Å². The zero-order chi connectivity index (χ0) is 13.0. The van der Waals surface area contributed by atoms with E-state index < -0.39 is 5.82 Å². The molecule has 2 aromatic carbocycles. The van der Waals surface area contributed by atoms with Gasteiger partial charge in [-0.1, -0.05) is 24.3 Å². The van der Waals surface area contributed by atoms with E-state index in [1.54, 1.807) is 30.3 Å². The monoisotopic (exact) mass is 263 g/mol. The number of hydrogen-bond acceptors (Lipinski definition) is 1. The Morgan fingerprint density at radius 2 is 1.94 bits per heavy atom. The molecule has 2 aromatic rings. The van der Waals surface area contributed by atoms with E-state index in [1.165, 1.54) is 12.1 Å². The SMILES string of the molecule is O=C(Nc1ccccc1F)c1cccc(CCl)c1. The highest BCUT2D eigenvalue weighted by Gasteiger charge is 2.08. The van der Waals surface area contributed by atoms with Crippen LogP contribution in [-0.2, 0) is 5.88 Å². The van der Waals surface area contributed by atoms with Crippen molar-refractivity contribution >= 4 is 23.2 Å². The highest BCUT2D eigenvalue weighted by molar-refractivity contribution is 6.17. The summed E-state index contributed by atoms with van der Waals surface area (Å²) in [4.78, 5) is 11.9. The lowest BCUT2D eigenvalue weighted by Crippen LogP contribution is -2.13. The first-order chi connectivity index (χ1) is 8.70. The Morgan fingerprint density at radius 3 is 2.67 bits per heavy atom. The lowest BCUT2D eigenvalue weighted by atomic mass is 10.1. The summed E-state index contributed by atoms with van der Waals surface area (Å²) in [7, 11) is 0. The first-order valence-electron chi connectivity index (χ1n) is 5.41. The number of carbonyl (C=O) groups excluding carboxylic acids is 1. The summed E-state index contributed by atoms with van der Waals surface area (Å²) in [5.74, 6) is -0.479. The van der Waals surface area contributed by atoms with Crippen molar-refractivity contribution in [2.45, 2.75) is 5.88 Å². The summed E-state index contributed by atoms with van der Waals surface area (Å²) < 4.78 is 13.4. The Kier molecular flexibility index (Phi) is 3.95. The maximum Gasteiger partial charge on any atom is 0.255 e. The predicted molar refractivity (Wildman–Crippen MR) is 70.4 cm³/mol. The largest absolute Gasteiger partial charge is 0.319 e. The van der Waals surface area contributed by atoms with E-state index in [0.29, 0.717) is 11.4 Å². The highest BCUT2D eigenvalue weighted by atomic mass is 35.5. The van der Waals surface area contributed by atoms with E-state index in [9.17, 15) is 9.18 Å². The van der Waals surface area contributed by atoms with Crippen LogP contribution in [0.15, 0.2) is 48.5 Å². The van der Waals surface area contributed by atoms with E-state index in [4.69, 9.17) is 11.6 Å². The van der Waals surface area contributed by atoms with Gasteiger partial charge in [-0.25, -0.2) is 4.39 Å². The summed E-state index contributed by atoms with van der Waals surface area (Å²) in [6, 6.07) is 13.0. The third kappa shape index (κ3) is 2.87. The Balaban J connectivity index is 2.19. The van der Waals surface area contributed by atoms with Crippen molar-refractivity contribution in [3.8, 4) is 0 Å². The third-order valence-electron chi connectivity index (χ3n) is 2.47. The van der Waals surface area contributed by atoms with E-state index in [-0.39, 0.29) is 11.6 Å². The molecule has 4 heteroatoms. The van der Waals surface area contributed by atoms with Crippen molar-refractivity contribution in [2.24, 2.45) is 0 Å². The molecule has 0 unspecified atom stereocenters. The van der Waals surface area contributed by atoms with Crippen molar-refractivity contribution in [3.63, 3.8) is 0 Å². The molecule has 0 saturated heterocycles. The third-order valence-corrected chi connectivity index (χ3v) is 2.77. The van der Waals surface area contributed by atoms with Crippen LogP contribution in [0.3, 0.4) is 0 Å². The van der Waals surface area contributed by atoms with Crippen molar-refractivity contribution in [1.29, 1.82) is 0 Å². The lowest BCUT2D eigenvalue weighted by Gasteiger charge is -2.06. The molecule has 0 aliphatic carbocycles. The van der Waals surface area contributed by atoms with Crippen LogP contribution >= 0.6 is 11.6 Å². The number of benzene rings is 2. The Morgan fingerprint density at radius 1 is 1.17 bits per heavy atom. The molecular formula is C14H11ClFNO. The van der Waals surface area contributed by atoms with Crippen LogP contribution in [-0.4, -0.2) is 5.91 Å². The molecular weight excluding hydrogens is 253 g/mol. The number of para-hydroxylation sites is 1. The zero-order valence-electron chi connectivity index (χ0n) is 9.49. The van der Waals surface area contributed by atoms with Crippen molar-refractivity contribution < 1.29 is 9.18 Å². The van der Waals surface area contributed by atoms with Crippen molar-refractivity contribution in [1.82, 2.24) is 0 Å². The summed E-state index contributed by atoms with van der Waals surface area (Å²) in [6.45, 7) is 0. The molecule has 0 spiro atoms. The number of carbonyl (C=O) groups is 1. The van der Waals surface area contributed by atoms with Gasteiger partial charge >= 0.3 is 0 Å². The number of halogens is 2. The molecule has 0 saturated carbocycles. The smallest absolute Gasteiger partial charge is 0.255 e. The summed E-state index contributed by atoms with van der Waals surface area (Å²) in [5, 5.41) is 2.52. The first-order valence-corrected chi connectivity index (χ1v) is 5.95. The van der Waals surface area contributed by atoms with Gasteiger partial charge in [-0.3, -0.25) is 4.79 Å². The van der Waals surface area contributed by atoms with E-state index in [2.05, 4.69) is 5.32 Å². The van der Waals surface area contributed by atoms with Gasteiger partial charge in [-0.15, -0.1) is 11.6 Å². The Bertz CT molecular complexity index is 571. The second-order valence-corrected chi connectivity index (χ2v) is 4.04. The van der Waals surface area contributed by atoms with Crippen LogP contribution in [0.2, 0.25) is 0 Å². The number of hydrogen-bond donors (Lipinski definition) is 1. The number of alkyl halides is 1. The van der Waals surface area contributed by atoms with Crippen LogP contribution < -0.4 is 5.32 Å². The normalized spacial score (nSPS) is 10.1. The quantitative estimate of drug-likeness (QED) is 0.838. The standard InChI is InChI=1S/C14H11ClFNO/c15-9-10-4-3-5-11(8-10)14(18)17-13-7-2-1-6-12(13)16/h1-8H,9H2,(H,17,18). The minimum absolute atomic E-state index is 0.166. The highest BCUT2D eigenvalue weighted by Crippen LogP contribution is 2.15. The molecule has 1 N–H and O–H groups in total. The average molecular weight is 264 g/mol. The summed E-state index contributed by atoms with van der Waals surface area (Å²) in [6.07, 6.45) is 0. The number of nitrogens with one attached hydrogen (secondary N) is 1.